The van der Waals surface area contributed by atoms with Gasteiger partial charge in [-0.2, -0.15) is 4.98 Å². The summed E-state index contributed by atoms with van der Waals surface area (Å²) in [4.78, 5) is 18.0. The number of benzene rings is 2. The molecule has 0 saturated carbocycles. The number of ether oxygens (including phenoxy) is 2. The van der Waals surface area contributed by atoms with Crippen molar-refractivity contribution in [2.24, 2.45) is 0 Å². The van der Waals surface area contributed by atoms with Crippen LogP contribution in [0.3, 0.4) is 0 Å². The first kappa shape index (κ1) is 21.3. The van der Waals surface area contributed by atoms with Gasteiger partial charge in [-0.05, 0) is 48.5 Å². The predicted molar refractivity (Wildman–Crippen MR) is 127 cm³/mol. The molecule has 0 aliphatic heterocycles. The monoisotopic (exact) mass is 456 g/mol. The summed E-state index contributed by atoms with van der Waals surface area (Å²) in [5, 5.41) is 0. The van der Waals surface area contributed by atoms with E-state index < -0.39 is 0 Å². The van der Waals surface area contributed by atoms with Gasteiger partial charge in [-0.1, -0.05) is 0 Å². The lowest BCUT2D eigenvalue weighted by Gasteiger charge is -2.13. The zero-order valence-corrected chi connectivity index (χ0v) is 18.6. The van der Waals surface area contributed by atoms with Gasteiger partial charge in [0.15, 0.2) is 5.65 Å². The van der Waals surface area contributed by atoms with E-state index in [1.165, 1.54) is 12.1 Å². The number of hydrogen-bond acceptors (Lipinski definition) is 7. The molecule has 0 fully saturated rings. The Hall–Kier alpha value is -4.53. The molecule has 2 N–H and O–H groups in total. The highest BCUT2D eigenvalue weighted by Gasteiger charge is 2.21. The molecule has 5 rings (SSSR count). The number of anilines is 1. The maximum atomic E-state index is 13.5. The first-order valence-electron chi connectivity index (χ1n) is 10.5. The van der Waals surface area contributed by atoms with Crippen LogP contribution in [0.5, 0.6) is 11.5 Å². The van der Waals surface area contributed by atoms with E-state index in [1.54, 1.807) is 38.7 Å². The van der Waals surface area contributed by atoms with E-state index in [0.29, 0.717) is 46.3 Å². The van der Waals surface area contributed by atoms with Gasteiger partial charge in [-0.3, -0.25) is 4.98 Å². The fraction of sp³-hybridized carbons (Fsp3) is 0.120. The fourth-order valence-electron chi connectivity index (χ4n) is 3.85. The van der Waals surface area contributed by atoms with Crippen LogP contribution in [-0.4, -0.2) is 38.7 Å². The maximum Gasteiger partial charge on any atom is 0.222 e. The third-order valence-electron chi connectivity index (χ3n) is 5.49. The molecule has 34 heavy (non-hydrogen) atoms. The molecular formula is C25H21FN6O2. The van der Waals surface area contributed by atoms with Crippen molar-refractivity contribution in [2.45, 2.75) is 6.54 Å². The SMILES string of the molecule is COc1ccc(Cn2c(-c3ccncc3)nc3c(-c4ccc(F)cc4)nc(N)nc32)c(OC)c1. The van der Waals surface area contributed by atoms with Gasteiger partial charge < -0.3 is 19.8 Å². The van der Waals surface area contributed by atoms with E-state index in [1.807, 2.05) is 34.9 Å². The molecule has 0 aliphatic carbocycles. The van der Waals surface area contributed by atoms with Crippen LogP contribution in [0, 0.1) is 5.82 Å². The summed E-state index contributed by atoms with van der Waals surface area (Å²) in [6.07, 6.45) is 3.40. The van der Waals surface area contributed by atoms with E-state index in [2.05, 4.69) is 15.0 Å². The van der Waals surface area contributed by atoms with Crippen molar-refractivity contribution >= 4 is 17.1 Å². The highest BCUT2D eigenvalue weighted by molar-refractivity contribution is 5.91. The Morgan fingerprint density at radius 2 is 1.65 bits per heavy atom. The van der Waals surface area contributed by atoms with Gasteiger partial charge >= 0.3 is 0 Å². The molecule has 0 aliphatic rings. The van der Waals surface area contributed by atoms with Crippen LogP contribution in [0.25, 0.3) is 33.8 Å². The number of nitrogen functional groups attached to an aromatic ring is 1. The van der Waals surface area contributed by atoms with Crippen molar-refractivity contribution in [2.75, 3.05) is 20.0 Å². The van der Waals surface area contributed by atoms with Gasteiger partial charge in [0, 0.05) is 35.2 Å². The molecule has 9 heteroatoms. The smallest absolute Gasteiger partial charge is 0.222 e. The van der Waals surface area contributed by atoms with Gasteiger partial charge in [-0.15, -0.1) is 0 Å². The summed E-state index contributed by atoms with van der Waals surface area (Å²) < 4.78 is 26.4. The molecule has 8 nitrogen and oxygen atoms in total. The zero-order valence-electron chi connectivity index (χ0n) is 18.6. The molecule has 0 spiro atoms. The lowest BCUT2D eigenvalue weighted by Crippen LogP contribution is -2.06. The molecule has 0 saturated heterocycles. The Morgan fingerprint density at radius 3 is 2.35 bits per heavy atom. The van der Waals surface area contributed by atoms with Crippen LogP contribution >= 0.6 is 0 Å². The largest absolute Gasteiger partial charge is 0.497 e. The number of methoxy groups -OCH3 is 2. The van der Waals surface area contributed by atoms with Crippen molar-refractivity contribution in [1.29, 1.82) is 0 Å². The Balaban J connectivity index is 1.75. The van der Waals surface area contributed by atoms with Gasteiger partial charge in [0.1, 0.15) is 34.4 Å². The number of halogens is 1. The van der Waals surface area contributed by atoms with Crippen molar-refractivity contribution in [3.05, 3.63) is 78.4 Å². The lowest BCUT2D eigenvalue weighted by molar-refractivity contribution is 0.390. The van der Waals surface area contributed by atoms with Crippen molar-refractivity contribution in [3.63, 3.8) is 0 Å². The van der Waals surface area contributed by atoms with Crippen LogP contribution in [0.4, 0.5) is 10.3 Å². The number of rotatable bonds is 6. The summed E-state index contributed by atoms with van der Waals surface area (Å²) in [5.41, 5.74) is 10.2. The number of nitrogens with two attached hydrogens (primary N) is 1. The minimum Gasteiger partial charge on any atom is -0.497 e. The number of imidazole rings is 1. The first-order chi connectivity index (χ1) is 16.6. The molecule has 0 bridgehead atoms. The van der Waals surface area contributed by atoms with Crippen molar-refractivity contribution < 1.29 is 13.9 Å². The molecule has 0 unspecified atom stereocenters. The van der Waals surface area contributed by atoms with E-state index in [0.717, 1.165) is 11.1 Å². The molecular weight excluding hydrogens is 435 g/mol. The van der Waals surface area contributed by atoms with Crippen LogP contribution in [-0.2, 0) is 6.54 Å². The molecule has 0 amide bonds. The van der Waals surface area contributed by atoms with E-state index in [9.17, 15) is 4.39 Å². The van der Waals surface area contributed by atoms with Gasteiger partial charge in [0.05, 0.1) is 20.8 Å². The molecule has 0 atom stereocenters. The van der Waals surface area contributed by atoms with Crippen LogP contribution in [0.1, 0.15) is 5.56 Å². The summed E-state index contributed by atoms with van der Waals surface area (Å²) in [6, 6.07) is 15.4. The number of aromatic nitrogens is 5. The Labute approximate surface area is 194 Å². The Morgan fingerprint density at radius 1 is 0.882 bits per heavy atom. The fourth-order valence-corrected chi connectivity index (χ4v) is 3.85. The van der Waals surface area contributed by atoms with Gasteiger partial charge in [0.2, 0.25) is 5.95 Å². The molecule has 3 aromatic heterocycles. The highest BCUT2D eigenvalue weighted by atomic mass is 19.1. The number of nitrogens with zero attached hydrogens (tertiary/aromatic N) is 5. The van der Waals surface area contributed by atoms with Gasteiger partial charge in [0.25, 0.3) is 0 Å². The van der Waals surface area contributed by atoms with E-state index in [4.69, 9.17) is 20.2 Å². The first-order valence-corrected chi connectivity index (χ1v) is 10.5. The summed E-state index contributed by atoms with van der Waals surface area (Å²) >= 11 is 0. The van der Waals surface area contributed by atoms with Crippen molar-refractivity contribution in [3.8, 4) is 34.1 Å². The lowest BCUT2D eigenvalue weighted by atomic mass is 10.1. The third kappa shape index (κ3) is 3.88. The Bertz CT molecular complexity index is 1470. The number of pyridine rings is 1. The maximum absolute atomic E-state index is 13.5. The van der Waals surface area contributed by atoms with Gasteiger partial charge in [-0.25, -0.2) is 14.4 Å². The Kier molecular flexibility index (Phi) is 5.51. The van der Waals surface area contributed by atoms with E-state index in [-0.39, 0.29) is 11.8 Å². The molecule has 5 aromatic rings. The number of fused-ring (bicyclic) bond motifs is 1. The second-order valence-electron chi connectivity index (χ2n) is 7.54. The second-order valence-corrected chi connectivity index (χ2v) is 7.54. The average Bonchev–Trinajstić information content (AvgIpc) is 3.22. The summed E-state index contributed by atoms with van der Waals surface area (Å²) in [7, 11) is 3.22. The standard InChI is InChI=1S/C25H21FN6O2/c1-33-19-8-5-17(20(13-19)34-2)14-32-23(16-9-11-28-12-10-16)29-22-21(30-25(27)31-24(22)32)15-3-6-18(26)7-4-15/h3-13H,14H2,1-2H3,(H2,27,30,31). The molecule has 0 radical (unpaired) electrons. The van der Waals surface area contributed by atoms with E-state index >= 15 is 0 Å². The minimum atomic E-state index is -0.336. The highest BCUT2D eigenvalue weighted by Crippen LogP contribution is 2.33. The summed E-state index contributed by atoms with van der Waals surface area (Å²) in [6.45, 7) is 0.403. The predicted octanol–water partition coefficient (Wildman–Crippen LogP) is 4.34. The molecule has 170 valence electrons. The minimum absolute atomic E-state index is 0.0935. The van der Waals surface area contributed by atoms with Crippen molar-refractivity contribution in [1.82, 2.24) is 24.5 Å². The zero-order chi connectivity index (χ0) is 23.7. The number of hydrogen-bond donors (Lipinski definition) is 1. The average molecular weight is 456 g/mol. The molecule has 2 aromatic carbocycles. The molecule has 3 heterocycles. The third-order valence-corrected chi connectivity index (χ3v) is 5.49. The normalized spacial score (nSPS) is 11.0. The van der Waals surface area contributed by atoms with Crippen LogP contribution in [0.15, 0.2) is 67.0 Å². The van der Waals surface area contributed by atoms with Crippen LogP contribution in [0.2, 0.25) is 0 Å². The summed E-state index contributed by atoms with van der Waals surface area (Å²) in [5.74, 6) is 1.78. The quantitative estimate of drug-likeness (QED) is 0.406. The van der Waals surface area contributed by atoms with Crippen LogP contribution < -0.4 is 15.2 Å². The topological polar surface area (TPSA) is 101 Å². The second kappa shape index (κ2) is 8.78.